The minimum absolute atomic E-state index is 0. The molecule has 1 fully saturated rings. The molecule has 0 N–H and O–H groups in total. The van der Waals surface area contributed by atoms with E-state index in [9.17, 15) is 0 Å². The number of methoxy groups -OCH3 is 1. The third-order valence-corrected chi connectivity index (χ3v) is 6.49. The number of pyridine rings is 1. The van der Waals surface area contributed by atoms with Crippen molar-refractivity contribution in [1.29, 1.82) is 0 Å². The number of hydrogen-bond acceptors (Lipinski definition) is 5. The van der Waals surface area contributed by atoms with E-state index in [1.165, 1.54) is 16.7 Å². The highest BCUT2D eigenvalue weighted by Gasteiger charge is 2.15. The van der Waals surface area contributed by atoms with Gasteiger partial charge < -0.3 is 9.30 Å². The Morgan fingerprint density at radius 1 is 0.971 bits per heavy atom. The average Bonchev–Trinajstić information content (AvgIpc) is 3.17. The first-order valence-electron chi connectivity index (χ1n) is 12.1. The molecule has 1 aliphatic rings. The second-order valence-corrected chi connectivity index (χ2v) is 9.00. The van der Waals surface area contributed by atoms with Crippen LogP contribution in [0.3, 0.4) is 0 Å². The lowest BCUT2D eigenvalue weighted by Crippen LogP contribution is -2.47. The van der Waals surface area contributed by atoms with Crippen molar-refractivity contribution in [2.45, 2.75) is 33.7 Å². The molecule has 0 amide bonds. The molecule has 3 heterocycles. The van der Waals surface area contributed by atoms with E-state index in [0.717, 1.165) is 81.5 Å². The van der Waals surface area contributed by atoms with Crippen molar-refractivity contribution in [2.75, 3.05) is 53.0 Å². The van der Waals surface area contributed by atoms with Gasteiger partial charge in [-0.15, -0.1) is 24.8 Å². The van der Waals surface area contributed by atoms with Crippen LogP contribution in [0, 0.1) is 13.8 Å². The molecule has 1 aromatic carbocycles. The zero-order valence-electron chi connectivity index (χ0n) is 21.4. The summed E-state index contributed by atoms with van der Waals surface area (Å²) in [4.78, 5) is 14.7. The molecule has 1 aliphatic heterocycles. The van der Waals surface area contributed by atoms with Gasteiger partial charge in [0.1, 0.15) is 11.3 Å². The van der Waals surface area contributed by atoms with Gasteiger partial charge in [-0.1, -0.05) is 43.3 Å². The van der Waals surface area contributed by atoms with E-state index < -0.39 is 0 Å². The SMILES string of the molecule is CCc1nc2c(C)cc(C)nc2n1Cc1ccc(C=CCN2CCN(CCOC)CC2)cc1.Cl.Cl. The Balaban J connectivity index is 0.00000216. The second-order valence-electron chi connectivity index (χ2n) is 9.00. The molecular weight excluding hydrogens is 481 g/mol. The number of imidazole rings is 1. The quantitative estimate of drug-likeness (QED) is 0.407. The predicted molar refractivity (Wildman–Crippen MR) is 150 cm³/mol. The fourth-order valence-corrected chi connectivity index (χ4v) is 4.55. The monoisotopic (exact) mass is 519 g/mol. The van der Waals surface area contributed by atoms with Gasteiger partial charge in [-0.2, -0.15) is 0 Å². The predicted octanol–water partition coefficient (Wildman–Crippen LogP) is 4.78. The van der Waals surface area contributed by atoms with E-state index in [0.29, 0.717) is 0 Å². The molecule has 0 atom stereocenters. The lowest BCUT2D eigenvalue weighted by molar-refractivity contribution is 0.102. The van der Waals surface area contributed by atoms with Crippen LogP contribution in [-0.2, 0) is 17.7 Å². The van der Waals surface area contributed by atoms with Crippen LogP contribution in [0.4, 0.5) is 0 Å². The van der Waals surface area contributed by atoms with Crippen LogP contribution in [0.2, 0.25) is 0 Å². The standard InChI is InChI=1S/C27H37N5O.2ClH/c1-5-25-29-26-21(2)19-22(3)28-27(26)32(25)20-24-10-8-23(9-11-24)7-6-12-30-13-15-31(16-14-30)17-18-33-4;;/h6-11,19H,5,12-18,20H2,1-4H3;2*1H. The normalized spacial score (nSPS) is 14.9. The number of piperazine rings is 1. The van der Waals surface area contributed by atoms with Crippen LogP contribution in [-0.4, -0.2) is 77.3 Å². The molecule has 192 valence electrons. The summed E-state index contributed by atoms with van der Waals surface area (Å²) in [6.07, 6.45) is 5.42. The summed E-state index contributed by atoms with van der Waals surface area (Å²) in [5.41, 5.74) is 6.78. The lowest BCUT2D eigenvalue weighted by atomic mass is 10.1. The van der Waals surface area contributed by atoms with E-state index in [4.69, 9.17) is 14.7 Å². The number of fused-ring (bicyclic) bond motifs is 1. The maximum Gasteiger partial charge on any atom is 0.160 e. The maximum atomic E-state index is 5.19. The van der Waals surface area contributed by atoms with Crippen LogP contribution in [0.1, 0.15) is 35.1 Å². The van der Waals surface area contributed by atoms with E-state index in [1.54, 1.807) is 7.11 Å². The van der Waals surface area contributed by atoms with Gasteiger partial charge in [0.25, 0.3) is 0 Å². The Morgan fingerprint density at radius 3 is 2.31 bits per heavy atom. The van der Waals surface area contributed by atoms with Gasteiger partial charge in [0.15, 0.2) is 5.65 Å². The van der Waals surface area contributed by atoms with E-state index in [2.05, 4.69) is 77.6 Å². The molecular formula is C27H39Cl2N5O. The molecule has 35 heavy (non-hydrogen) atoms. The molecule has 0 spiro atoms. The zero-order valence-corrected chi connectivity index (χ0v) is 23.0. The van der Waals surface area contributed by atoms with Gasteiger partial charge >= 0.3 is 0 Å². The number of benzene rings is 1. The minimum atomic E-state index is 0. The summed E-state index contributed by atoms with van der Waals surface area (Å²) in [6, 6.07) is 11.0. The largest absolute Gasteiger partial charge is 0.383 e. The number of nitrogens with zero attached hydrogens (tertiary/aromatic N) is 5. The third kappa shape index (κ3) is 7.51. The van der Waals surface area contributed by atoms with Crippen LogP contribution in [0.5, 0.6) is 0 Å². The summed E-state index contributed by atoms with van der Waals surface area (Å²) in [7, 11) is 1.77. The Morgan fingerprint density at radius 2 is 1.66 bits per heavy atom. The van der Waals surface area contributed by atoms with Crippen molar-refractivity contribution in [3.8, 4) is 0 Å². The molecule has 6 nitrogen and oxygen atoms in total. The van der Waals surface area contributed by atoms with Crippen LogP contribution in [0.15, 0.2) is 36.4 Å². The highest BCUT2D eigenvalue weighted by molar-refractivity contribution is 5.85. The summed E-state index contributed by atoms with van der Waals surface area (Å²) < 4.78 is 7.46. The number of aryl methyl sites for hydroxylation is 3. The summed E-state index contributed by atoms with van der Waals surface area (Å²) in [5, 5.41) is 0. The number of aromatic nitrogens is 3. The molecule has 8 heteroatoms. The molecule has 1 saturated heterocycles. The first kappa shape index (κ1) is 29.3. The second kappa shape index (κ2) is 14.0. The van der Waals surface area contributed by atoms with Crippen molar-refractivity contribution in [1.82, 2.24) is 24.3 Å². The average molecular weight is 521 g/mol. The fourth-order valence-electron chi connectivity index (χ4n) is 4.55. The smallest absolute Gasteiger partial charge is 0.160 e. The topological polar surface area (TPSA) is 46.4 Å². The van der Waals surface area contributed by atoms with Crippen molar-refractivity contribution in [3.63, 3.8) is 0 Å². The van der Waals surface area contributed by atoms with Crippen molar-refractivity contribution >= 4 is 42.1 Å². The number of ether oxygens (including phenoxy) is 1. The van der Waals surface area contributed by atoms with Crippen LogP contribution < -0.4 is 0 Å². The minimum Gasteiger partial charge on any atom is -0.383 e. The summed E-state index contributed by atoms with van der Waals surface area (Å²) >= 11 is 0. The Kier molecular flexibility index (Phi) is 11.7. The number of halogens is 2. The van der Waals surface area contributed by atoms with E-state index >= 15 is 0 Å². The molecule has 4 rings (SSSR count). The van der Waals surface area contributed by atoms with Gasteiger partial charge in [-0.25, -0.2) is 9.97 Å². The highest BCUT2D eigenvalue weighted by Crippen LogP contribution is 2.21. The summed E-state index contributed by atoms with van der Waals surface area (Å²) in [5.74, 6) is 1.09. The Hall–Kier alpha value is -1.96. The van der Waals surface area contributed by atoms with Gasteiger partial charge in [0.05, 0.1) is 13.2 Å². The van der Waals surface area contributed by atoms with Crippen molar-refractivity contribution < 1.29 is 4.74 Å². The maximum absolute atomic E-state index is 5.19. The van der Waals surface area contributed by atoms with Crippen LogP contribution in [0.25, 0.3) is 17.2 Å². The number of rotatable bonds is 9. The zero-order chi connectivity index (χ0) is 23.2. The van der Waals surface area contributed by atoms with Crippen LogP contribution >= 0.6 is 24.8 Å². The molecule has 0 aliphatic carbocycles. The van der Waals surface area contributed by atoms with Crippen molar-refractivity contribution in [3.05, 3.63) is 64.6 Å². The van der Waals surface area contributed by atoms with Gasteiger partial charge in [-0.3, -0.25) is 9.80 Å². The highest BCUT2D eigenvalue weighted by atomic mass is 35.5. The number of hydrogen-bond donors (Lipinski definition) is 0. The van der Waals surface area contributed by atoms with Gasteiger partial charge in [0, 0.05) is 58.5 Å². The molecule has 0 radical (unpaired) electrons. The van der Waals surface area contributed by atoms with Gasteiger partial charge in [0.2, 0.25) is 0 Å². The lowest BCUT2D eigenvalue weighted by Gasteiger charge is -2.33. The first-order chi connectivity index (χ1) is 16.1. The van der Waals surface area contributed by atoms with E-state index in [-0.39, 0.29) is 24.8 Å². The Labute approximate surface area is 222 Å². The first-order valence-corrected chi connectivity index (χ1v) is 12.1. The Bertz CT molecular complexity index is 1090. The third-order valence-electron chi connectivity index (χ3n) is 6.49. The fraction of sp³-hybridized carbons (Fsp3) is 0.481. The molecule has 0 saturated carbocycles. The molecule has 0 bridgehead atoms. The summed E-state index contributed by atoms with van der Waals surface area (Å²) in [6.45, 7) is 14.5. The molecule has 2 aromatic heterocycles. The molecule has 3 aromatic rings. The van der Waals surface area contributed by atoms with Crippen molar-refractivity contribution in [2.24, 2.45) is 0 Å². The van der Waals surface area contributed by atoms with Gasteiger partial charge in [-0.05, 0) is 36.6 Å². The van der Waals surface area contributed by atoms with E-state index in [1.807, 2.05) is 0 Å². The molecule has 0 unspecified atom stereocenters.